The van der Waals surface area contributed by atoms with E-state index in [0.29, 0.717) is 25.9 Å². The van der Waals surface area contributed by atoms with Gasteiger partial charge in [-0.25, -0.2) is 0 Å². The molecule has 0 spiro atoms. The first kappa shape index (κ1) is 22.5. The Labute approximate surface area is 162 Å². The fraction of sp³-hybridized carbons (Fsp3) is 0.857. The van der Waals surface area contributed by atoms with Gasteiger partial charge >= 0.3 is 0 Å². The molecule has 0 aromatic rings. The molecule has 0 aromatic carbocycles. The highest BCUT2D eigenvalue weighted by molar-refractivity contribution is 5.90. The van der Waals surface area contributed by atoms with E-state index in [2.05, 4.69) is 0 Å². The Morgan fingerprint density at radius 2 is 1.93 bits per heavy atom. The quantitative estimate of drug-likeness (QED) is 0.393. The molecule has 6 nitrogen and oxygen atoms in total. The molecule has 2 rings (SSSR count). The van der Waals surface area contributed by atoms with Gasteiger partial charge in [0, 0.05) is 18.3 Å². The van der Waals surface area contributed by atoms with Gasteiger partial charge in [0.25, 0.3) is 0 Å². The van der Waals surface area contributed by atoms with Crippen molar-refractivity contribution < 1.29 is 29.6 Å². The van der Waals surface area contributed by atoms with Crippen LogP contribution in [0.1, 0.15) is 59.8 Å². The van der Waals surface area contributed by atoms with Crippen molar-refractivity contribution in [1.82, 2.24) is 0 Å². The highest BCUT2D eigenvalue weighted by atomic mass is 16.6. The SMILES string of the molecule is CCCCC(=O)C=C(C)C[C@@H]1OC[C@H](C[C@@H]2O[C@H]2[C@@H](C)[C@H](C)O)[C@@H](O)[C@H]1O. The zero-order valence-corrected chi connectivity index (χ0v) is 17.0. The predicted molar refractivity (Wildman–Crippen MR) is 102 cm³/mol. The van der Waals surface area contributed by atoms with E-state index in [0.717, 1.165) is 18.4 Å². The fourth-order valence-corrected chi connectivity index (χ4v) is 3.79. The zero-order valence-electron chi connectivity index (χ0n) is 17.0. The van der Waals surface area contributed by atoms with Crippen LogP contribution in [0, 0.1) is 11.8 Å². The Morgan fingerprint density at radius 3 is 2.56 bits per heavy atom. The van der Waals surface area contributed by atoms with Gasteiger partial charge < -0.3 is 24.8 Å². The molecule has 0 bridgehead atoms. The highest BCUT2D eigenvalue weighted by Crippen LogP contribution is 2.38. The minimum Gasteiger partial charge on any atom is -0.393 e. The van der Waals surface area contributed by atoms with Crippen LogP contribution >= 0.6 is 0 Å². The van der Waals surface area contributed by atoms with Crippen LogP contribution in [0.3, 0.4) is 0 Å². The molecule has 6 heteroatoms. The minimum absolute atomic E-state index is 0.000538. The molecule has 3 N–H and O–H groups in total. The Kier molecular flexibility index (Phi) is 8.43. The first-order valence-corrected chi connectivity index (χ1v) is 10.3. The third-order valence-electron chi connectivity index (χ3n) is 5.88. The summed E-state index contributed by atoms with van der Waals surface area (Å²) >= 11 is 0. The molecule has 0 aromatic heterocycles. The Hall–Kier alpha value is -0.790. The van der Waals surface area contributed by atoms with Crippen molar-refractivity contribution in [2.75, 3.05) is 6.61 Å². The molecule has 156 valence electrons. The van der Waals surface area contributed by atoms with E-state index in [1.165, 1.54) is 0 Å². The van der Waals surface area contributed by atoms with Crippen LogP contribution in [0.2, 0.25) is 0 Å². The van der Waals surface area contributed by atoms with Crippen molar-refractivity contribution in [2.24, 2.45) is 11.8 Å². The van der Waals surface area contributed by atoms with Crippen LogP contribution in [-0.2, 0) is 14.3 Å². The summed E-state index contributed by atoms with van der Waals surface area (Å²) in [5, 5.41) is 30.6. The number of aliphatic hydroxyl groups is 3. The molecule has 2 fully saturated rings. The maximum Gasteiger partial charge on any atom is 0.155 e. The molecule has 0 unspecified atom stereocenters. The second-order valence-electron chi connectivity index (χ2n) is 8.35. The minimum atomic E-state index is -0.982. The van der Waals surface area contributed by atoms with Crippen LogP contribution in [0.5, 0.6) is 0 Å². The van der Waals surface area contributed by atoms with Gasteiger partial charge in [-0.2, -0.15) is 0 Å². The summed E-state index contributed by atoms with van der Waals surface area (Å²) in [5.41, 5.74) is 0.863. The van der Waals surface area contributed by atoms with Crippen LogP contribution in [-0.4, -0.2) is 64.3 Å². The summed E-state index contributed by atoms with van der Waals surface area (Å²) in [6.07, 6.45) is 2.29. The lowest BCUT2D eigenvalue weighted by atomic mass is 9.85. The summed E-state index contributed by atoms with van der Waals surface area (Å²) < 4.78 is 11.5. The summed E-state index contributed by atoms with van der Waals surface area (Å²) in [5.74, 6) is -0.0440. The molecule has 0 aliphatic carbocycles. The number of hydrogen-bond acceptors (Lipinski definition) is 6. The van der Waals surface area contributed by atoms with E-state index in [4.69, 9.17) is 9.47 Å². The van der Waals surface area contributed by atoms with Crippen molar-refractivity contribution in [2.45, 2.75) is 96.4 Å². The number of ketones is 1. The molecule has 27 heavy (non-hydrogen) atoms. The second kappa shape index (κ2) is 10.1. The number of rotatable bonds is 10. The van der Waals surface area contributed by atoms with Crippen molar-refractivity contribution in [3.05, 3.63) is 11.6 Å². The van der Waals surface area contributed by atoms with Crippen molar-refractivity contribution in [3.8, 4) is 0 Å². The third kappa shape index (κ3) is 6.36. The largest absolute Gasteiger partial charge is 0.393 e. The Morgan fingerprint density at radius 1 is 1.22 bits per heavy atom. The van der Waals surface area contributed by atoms with Crippen molar-refractivity contribution in [3.63, 3.8) is 0 Å². The number of epoxide rings is 1. The second-order valence-corrected chi connectivity index (χ2v) is 8.35. The molecule has 0 saturated carbocycles. The van der Waals surface area contributed by atoms with Gasteiger partial charge in [-0.1, -0.05) is 25.8 Å². The van der Waals surface area contributed by atoms with Gasteiger partial charge in [-0.3, -0.25) is 4.79 Å². The molecule has 8 atom stereocenters. The number of carbonyl (C=O) groups is 1. The zero-order chi connectivity index (χ0) is 20.1. The third-order valence-corrected chi connectivity index (χ3v) is 5.88. The molecular formula is C21H36O6. The Balaban J connectivity index is 1.81. The summed E-state index contributed by atoms with van der Waals surface area (Å²) in [6, 6.07) is 0. The van der Waals surface area contributed by atoms with E-state index in [1.807, 2.05) is 20.8 Å². The Bertz CT molecular complexity index is 517. The molecule has 0 radical (unpaired) electrons. The lowest BCUT2D eigenvalue weighted by Crippen LogP contribution is -2.50. The lowest BCUT2D eigenvalue weighted by molar-refractivity contribution is -0.165. The first-order chi connectivity index (χ1) is 12.7. The molecule has 2 aliphatic heterocycles. The maximum absolute atomic E-state index is 11.9. The lowest BCUT2D eigenvalue weighted by Gasteiger charge is -2.38. The van der Waals surface area contributed by atoms with Crippen molar-refractivity contribution in [1.29, 1.82) is 0 Å². The number of hydrogen-bond donors (Lipinski definition) is 3. The van der Waals surface area contributed by atoms with Gasteiger partial charge in [0.15, 0.2) is 5.78 Å². The van der Waals surface area contributed by atoms with Crippen LogP contribution in [0.15, 0.2) is 11.6 Å². The average molecular weight is 385 g/mol. The standard InChI is InChI=1S/C21H36O6/c1-5-6-7-16(23)8-12(2)9-17-20(25)19(24)15(11-26-17)10-18-21(27-18)13(3)14(4)22/h8,13-15,17-22,24-25H,5-7,9-11H2,1-4H3/t13-,14-,15-,17-,18-,19+,20-,21-/m0/s1. The van der Waals surface area contributed by atoms with E-state index in [9.17, 15) is 20.1 Å². The average Bonchev–Trinajstić information content (AvgIpc) is 3.37. The van der Waals surface area contributed by atoms with E-state index < -0.39 is 24.4 Å². The van der Waals surface area contributed by atoms with Crippen LogP contribution < -0.4 is 0 Å². The highest BCUT2D eigenvalue weighted by Gasteiger charge is 2.48. The van der Waals surface area contributed by atoms with Gasteiger partial charge in [0.2, 0.25) is 0 Å². The summed E-state index contributed by atoms with van der Waals surface area (Å²) in [4.78, 5) is 11.9. The van der Waals surface area contributed by atoms with E-state index in [-0.39, 0.29) is 29.8 Å². The number of ether oxygens (including phenoxy) is 2. The van der Waals surface area contributed by atoms with Gasteiger partial charge in [-0.15, -0.1) is 0 Å². The van der Waals surface area contributed by atoms with Gasteiger partial charge in [0.1, 0.15) is 6.10 Å². The van der Waals surface area contributed by atoms with Crippen LogP contribution in [0.25, 0.3) is 0 Å². The number of aliphatic hydroxyl groups excluding tert-OH is 3. The van der Waals surface area contributed by atoms with E-state index >= 15 is 0 Å². The normalized spacial score (nSPS) is 36.3. The molecule has 2 saturated heterocycles. The number of carbonyl (C=O) groups excluding carboxylic acids is 1. The molecule has 0 amide bonds. The smallest absolute Gasteiger partial charge is 0.155 e. The maximum atomic E-state index is 11.9. The number of unbranched alkanes of at least 4 members (excludes halogenated alkanes) is 1. The molecular weight excluding hydrogens is 348 g/mol. The van der Waals surface area contributed by atoms with Gasteiger partial charge in [-0.05, 0) is 39.2 Å². The summed E-state index contributed by atoms with van der Waals surface area (Å²) in [6.45, 7) is 7.96. The predicted octanol–water partition coefficient (Wildman–Crippen LogP) is 1.99. The fourth-order valence-electron chi connectivity index (χ4n) is 3.79. The van der Waals surface area contributed by atoms with Crippen molar-refractivity contribution >= 4 is 5.78 Å². The van der Waals surface area contributed by atoms with Gasteiger partial charge in [0.05, 0.1) is 37.1 Å². The van der Waals surface area contributed by atoms with E-state index in [1.54, 1.807) is 13.0 Å². The van der Waals surface area contributed by atoms with Crippen LogP contribution in [0.4, 0.5) is 0 Å². The number of allylic oxidation sites excluding steroid dienone is 1. The first-order valence-electron chi connectivity index (χ1n) is 10.3. The summed E-state index contributed by atoms with van der Waals surface area (Å²) in [7, 11) is 0. The molecule has 2 heterocycles. The molecule has 2 aliphatic rings. The monoisotopic (exact) mass is 384 g/mol. The topological polar surface area (TPSA) is 99.5 Å².